The number of benzene rings is 2. The van der Waals surface area contributed by atoms with E-state index in [2.05, 4.69) is 14.8 Å². The van der Waals surface area contributed by atoms with Crippen LogP contribution in [0.15, 0.2) is 42.5 Å². The molecule has 0 aliphatic carbocycles. The minimum Gasteiger partial charge on any atom is -0.465 e. The summed E-state index contributed by atoms with van der Waals surface area (Å²) >= 11 is 0. The molecular formula is C19H18FNO5. The number of hydrogen-bond acceptors (Lipinski definition) is 5. The molecule has 0 bridgehead atoms. The van der Waals surface area contributed by atoms with Crippen LogP contribution < -0.4 is 5.32 Å². The number of methoxy groups -OCH3 is 2. The lowest BCUT2D eigenvalue weighted by atomic mass is 10.1. The van der Waals surface area contributed by atoms with Crippen molar-refractivity contribution >= 4 is 23.5 Å². The van der Waals surface area contributed by atoms with Crippen LogP contribution >= 0.6 is 0 Å². The van der Waals surface area contributed by atoms with E-state index < -0.39 is 11.9 Å². The highest BCUT2D eigenvalue weighted by molar-refractivity contribution is 5.99. The van der Waals surface area contributed by atoms with Crippen molar-refractivity contribution < 1.29 is 28.2 Å². The summed E-state index contributed by atoms with van der Waals surface area (Å²) in [7, 11) is 2.42. The summed E-state index contributed by atoms with van der Waals surface area (Å²) < 4.78 is 22.9. The zero-order valence-electron chi connectivity index (χ0n) is 14.4. The van der Waals surface area contributed by atoms with Crippen molar-refractivity contribution in [3.8, 4) is 0 Å². The second-order valence-electron chi connectivity index (χ2n) is 5.42. The van der Waals surface area contributed by atoms with E-state index in [0.29, 0.717) is 5.56 Å². The van der Waals surface area contributed by atoms with Gasteiger partial charge in [0.25, 0.3) is 0 Å². The Bertz CT molecular complexity index is 800. The monoisotopic (exact) mass is 359 g/mol. The summed E-state index contributed by atoms with van der Waals surface area (Å²) in [6.07, 6.45) is 0.260. The summed E-state index contributed by atoms with van der Waals surface area (Å²) in [5.74, 6) is -2.07. The van der Waals surface area contributed by atoms with E-state index in [1.54, 1.807) is 18.2 Å². The molecule has 0 unspecified atom stereocenters. The first-order valence-corrected chi connectivity index (χ1v) is 7.79. The molecule has 26 heavy (non-hydrogen) atoms. The third-order valence-electron chi connectivity index (χ3n) is 3.64. The van der Waals surface area contributed by atoms with Gasteiger partial charge in [-0.25, -0.2) is 14.0 Å². The highest BCUT2D eigenvalue weighted by Crippen LogP contribution is 2.18. The predicted molar refractivity (Wildman–Crippen MR) is 92.5 cm³/mol. The van der Waals surface area contributed by atoms with Gasteiger partial charge in [0.1, 0.15) is 5.82 Å². The molecule has 0 saturated carbocycles. The van der Waals surface area contributed by atoms with E-state index in [4.69, 9.17) is 0 Å². The molecule has 0 aliphatic heterocycles. The fraction of sp³-hybridized carbons (Fsp3) is 0.211. The molecule has 0 radical (unpaired) electrons. The first-order chi connectivity index (χ1) is 12.4. The Hall–Kier alpha value is -3.22. The van der Waals surface area contributed by atoms with Crippen LogP contribution in [0, 0.1) is 5.82 Å². The molecule has 1 N–H and O–H groups in total. The van der Waals surface area contributed by atoms with Gasteiger partial charge in [-0.15, -0.1) is 0 Å². The first-order valence-electron chi connectivity index (χ1n) is 7.79. The van der Waals surface area contributed by atoms with Crippen molar-refractivity contribution in [1.82, 2.24) is 0 Å². The number of ether oxygens (including phenoxy) is 2. The second kappa shape index (κ2) is 8.75. The highest BCUT2D eigenvalue weighted by atomic mass is 19.1. The van der Waals surface area contributed by atoms with Crippen molar-refractivity contribution in [2.75, 3.05) is 19.5 Å². The Morgan fingerprint density at radius 3 is 2.08 bits per heavy atom. The molecule has 2 aromatic rings. The lowest BCUT2D eigenvalue weighted by molar-refractivity contribution is -0.116. The van der Waals surface area contributed by atoms with Gasteiger partial charge in [-0.3, -0.25) is 4.79 Å². The maximum atomic E-state index is 13.6. The highest BCUT2D eigenvalue weighted by Gasteiger charge is 2.15. The van der Waals surface area contributed by atoms with Crippen molar-refractivity contribution in [3.63, 3.8) is 0 Å². The molecule has 2 aromatic carbocycles. The largest absolute Gasteiger partial charge is 0.465 e. The van der Waals surface area contributed by atoms with Gasteiger partial charge in [0.15, 0.2) is 0 Å². The van der Waals surface area contributed by atoms with Gasteiger partial charge in [-0.2, -0.15) is 0 Å². The third kappa shape index (κ3) is 4.89. The number of anilines is 1. The molecule has 7 heteroatoms. The second-order valence-corrected chi connectivity index (χ2v) is 5.42. The Morgan fingerprint density at radius 2 is 1.54 bits per heavy atom. The fourth-order valence-corrected chi connectivity index (χ4v) is 2.34. The number of carbonyl (C=O) groups is 3. The topological polar surface area (TPSA) is 81.7 Å². The minimum absolute atomic E-state index is 0.0386. The van der Waals surface area contributed by atoms with Crippen LogP contribution in [0.5, 0.6) is 0 Å². The average molecular weight is 359 g/mol. The van der Waals surface area contributed by atoms with E-state index in [9.17, 15) is 18.8 Å². The maximum Gasteiger partial charge on any atom is 0.337 e. The van der Waals surface area contributed by atoms with Gasteiger partial charge >= 0.3 is 11.9 Å². The smallest absolute Gasteiger partial charge is 0.337 e. The number of amides is 1. The van der Waals surface area contributed by atoms with E-state index in [-0.39, 0.29) is 41.4 Å². The quantitative estimate of drug-likeness (QED) is 0.802. The number of aryl methyl sites for hydroxylation is 1. The summed E-state index contributed by atoms with van der Waals surface area (Å²) in [5.41, 5.74) is 0.868. The standard InChI is InChI=1S/C19H18FNO5/c1-25-18(23)13-9-14(19(24)26-2)11-15(10-13)21-17(22)8-7-12-5-3-4-6-16(12)20/h3-6,9-11H,7-8H2,1-2H3,(H,21,22). The SMILES string of the molecule is COC(=O)c1cc(NC(=O)CCc2ccccc2F)cc(C(=O)OC)c1. The molecule has 0 spiro atoms. The molecule has 0 heterocycles. The number of nitrogens with one attached hydrogen (secondary N) is 1. The predicted octanol–water partition coefficient (Wildman–Crippen LogP) is 2.97. The van der Waals surface area contributed by atoms with E-state index in [1.807, 2.05) is 0 Å². The molecule has 0 aliphatic rings. The lowest BCUT2D eigenvalue weighted by Crippen LogP contribution is -2.15. The average Bonchev–Trinajstić information content (AvgIpc) is 2.65. The van der Waals surface area contributed by atoms with Gasteiger partial charge in [0, 0.05) is 12.1 Å². The van der Waals surface area contributed by atoms with Gasteiger partial charge in [0.05, 0.1) is 25.3 Å². The number of hydrogen-bond donors (Lipinski definition) is 1. The van der Waals surface area contributed by atoms with Crippen LogP contribution in [-0.2, 0) is 20.7 Å². The van der Waals surface area contributed by atoms with Crippen LogP contribution in [0.1, 0.15) is 32.7 Å². The molecule has 0 saturated heterocycles. The normalized spacial score (nSPS) is 10.1. The summed E-state index contributed by atoms with van der Waals surface area (Å²) in [6, 6.07) is 10.3. The van der Waals surface area contributed by atoms with Crippen molar-refractivity contribution in [1.29, 1.82) is 0 Å². The number of esters is 2. The van der Waals surface area contributed by atoms with Crippen LogP contribution in [0.4, 0.5) is 10.1 Å². The van der Waals surface area contributed by atoms with Gasteiger partial charge in [-0.05, 0) is 36.2 Å². The number of carbonyl (C=O) groups excluding carboxylic acids is 3. The lowest BCUT2D eigenvalue weighted by Gasteiger charge is -2.10. The number of halogens is 1. The third-order valence-corrected chi connectivity index (χ3v) is 3.64. The van der Waals surface area contributed by atoms with E-state index >= 15 is 0 Å². The van der Waals surface area contributed by atoms with Gasteiger partial charge in [0.2, 0.25) is 5.91 Å². The van der Waals surface area contributed by atoms with E-state index in [1.165, 1.54) is 38.5 Å². The van der Waals surface area contributed by atoms with Gasteiger partial charge < -0.3 is 14.8 Å². The number of rotatable bonds is 6. The van der Waals surface area contributed by atoms with Crippen molar-refractivity contribution in [3.05, 3.63) is 65.0 Å². The van der Waals surface area contributed by atoms with Gasteiger partial charge in [-0.1, -0.05) is 18.2 Å². The maximum absolute atomic E-state index is 13.6. The zero-order valence-corrected chi connectivity index (χ0v) is 14.4. The van der Waals surface area contributed by atoms with Crippen molar-refractivity contribution in [2.24, 2.45) is 0 Å². The van der Waals surface area contributed by atoms with E-state index in [0.717, 1.165) is 0 Å². The Labute approximate surface area is 149 Å². The van der Waals surface area contributed by atoms with Crippen molar-refractivity contribution in [2.45, 2.75) is 12.8 Å². The summed E-state index contributed by atoms with van der Waals surface area (Å²) in [5, 5.41) is 2.59. The molecular weight excluding hydrogens is 341 g/mol. The molecule has 2 rings (SSSR count). The Kier molecular flexibility index (Phi) is 6.43. The van der Waals surface area contributed by atoms with Crippen LogP contribution in [0.2, 0.25) is 0 Å². The molecule has 0 aromatic heterocycles. The molecule has 6 nitrogen and oxygen atoms in total. The minimum atomic E-state index is -0.655. The summed E-state index contributed by atoms with van der Waals surface area (Å²) in [4.78, 5) is 35.6. The fourth-order valence-electron chi connectivity index (χ4n) is 2.34. The Morgan fingerprint density at radius 1 is 0.962 bits per heavy atom. The summed E-state index contributed by atoms with van der Waals surface area (Å²) in [6.45, 7) is 0. The molecule has 136 valence electrons. The molecule has 1 amide bonds. The van der Waals surface area contributed by atoms with Crippen LogP contribution in [0.3, 0.4) is 0 Å². The zero-order chi connectivity index (χ0) is 19.1. The molecule has 0 fully saturated rings. The van der Waals surface area contributed by atoms with Crippen LogP contribution in [-0.4, -0.2) is 32.1 Å². The van der Waals surface area contributed by atoms with Crippen LogP contribution in [0.25, 0.3) is 0 Å². The first kappa shape index (κ1) is 19.1. The Balaban J connectivity index is 2.14. The molecule has 0 atom stereocenters.